The van der Waals surface area contributed by atoms with Gasteiger partial charge in [-0.2, -0.15) is 5.10 Å². The van der Waals surface area contributed by atoms with Crippen molar-refractivity contribution in [1.29, 1.82) is 0 Å². The molecule has 3 rings (SSSR count). The molecule has 0 atom stereocenters. The van der Waals surface area contributed by atoms with Gasteiger partial charge in [0, 0.05) is 19.0 Å². The van der Waals surface area contributed by atoms with Crippen LogP contribution in [-0.4, -0.2) is 40.5 Å². The maximum absolute atomic E-state index is 12.7. The second-order valence-electron chi connectivity index (χ2n) is 6.11. The minimum atomic E-state index is -3.28. The molecule has 0 aliphatic carbocycles. The van der Waals surface area contributed by atoms with E-state index in [4.69, 9.17) is 5.73 Å². The van der Waals surface area contributed by atoms with Gasteiger partial charge in [0.2, 0.25) is 0 Å². The Morgan fingerprint density at radius 1 is 1.21 bits per heavy atom. The average Bonchev–Trinajstić information content (AvgIpc) is 3.06. The van der Waals surface area contributed by atoms with Gasteiger partial charge in [0.1, 0.15) is 12.1 Å². The molecule has 0 amide bonds. The van der Waals surface area contributed by atoms with Gasteiger partial charge >= 0.3 is 5.69 Å². The third-order valence-electron chi connectivity index (χ3n) is 4.11. The number of nitrogens with zero attached hydrogens (tertiary/aromatic N) is 4. The number of nitrogens with two attached hydrogens (primary N) is 1. The molecule has 146 valence electrons. The summed E-state index contributed by atoms with van der Waals surface area (Å²) in [7, 11) is -3.28. The molecule has 8 nitrogen and oxygen atoms in total. The van der Waals surface area contributed by atoms with Crippen LogP contribution in [0.25, 0.3) is 16.9 Å². The van der Waals surface area contributed by atoms with Crippen molar-refractivity contribution in [2.45, 2.75) is 11.4 Å². The number of rotatable bonds is 6. The first-order valence-electron chi connectivity index (χ1n) is 8.23. The van der Waals surface area contributed by atoms with Crippen LogP contribution in [0, 0.1) is 0 Å². The summed E-state index contributed by atoms with van der Waals surface area (Å²) in [6.45, 7) is -0.0709. The zero-order valence-electron chi connectivity index (χ0n) is 15.0. The molecule has 2 heterocycles. The first-order valence-corrected chi connectivity index (χ1v) is 10.1. The molecular formula is C18H18FN5O3S. The normalized spacial score (nSPS) is 12.3. The first-order chi connectivity index (χ1) is 13.3. The fourth-order valence-electron chi connectivity index (χ4n) is 2.56. The average molecular weight is 403 g/mol. The van der Waals surface area contributed by atoms with Crippen LogP contribution in [0.15, 0.2) is 70.5 Å². The highest BCUT2D eigenvalue weighted by Gasteiger charge is 2.11. The monoisotopic (exact) mass is 403 g/mol. The highest BCUT2D eigenvalue weighted by atomic mass is 32.2. The van der Waals surface area contributed by atoms with Crippen LogP contribution in [0.2, 0.25) is 0 Å². The van der Waals surface area contributed by atoms with Crippen molar-refractivity contribution < 1.29 is 12.8 Å². The van der Waals surface area contributed by atoms with Crippen LogP contribution in [-0.2, 0) is 16.4 Å². The molecule has 0 aliphatic heterocycles. The predicted octanol–water partition coefficient (Wildman–Crippen LogP) is 1.31. The van der Waals surface area contributed by atoms with Crippen LogP contribution in [0.3, 0.4) is 0 Å². The molecule has 2 aromatic heterocycles. The highest BCUT2D eigenvalue weighted by Crippen LogP contribution is 2.22. The Morgan fingerprint density at radius 3 is 2.54 bits per heavy atom. The molecule has 0 radical (unpaired) electrons. The Morgan fingerprint density at radius 2 is 1.93 bits per heavy atom. The maximum atomic E-state index is 12.7. The fraction of sp³-hybridized carbons (Fsp3) is 0.167. The Hall–Kier alpha value is -3.11. The third kappa shape index (κ3) is 4.07. The Bertz CT molecular complexity index is 1180. The molecule has 0 bridgehead atoms. The van der Waals surface area contributed by atoms with Crippen molar-refractivity contribution in [3.8, 4) is 16.9 Å². The van der Waals surface area contributed by atoms with Crippen molar-refractivity contribution in [3.63, 3.8) is 0 Å². The fourth-order valence-corrected chi connectivity index (χ4v) is 3.19. The molecule has 10 heteroatoms. The summed E-state index contributed by atoms with van der Waals surface area (Å²) >= 11 is 0. The predicted molar refractivity (Wildman–Crippen MR) is 102 cm³/mol. The zero-order chi connectivity index (χ0) is 20.3. The number of aromatic nitrogens is 4. The smallest absolute Gasteiger partial charge is 0.327 e. The van der Waals surface area contributed by atoms with E-state index in [0.29, 0.717) is 12.1 Å². The number of pyridine rings is 1. The van der Waals surface area contributed by atoms with Gasteiger partial charge < -0.3 is 5.73 Å². The third-order valence-corrected chi connectivity index (χ3v) is 5.24. The Labute approximate surface area is 160 Å². The van der Waals surface area contributed by atoms with E-state index in [1.54, 1.807) is 24.3 Å². The second kappa shape index (κ2) is 7.87. The van der Waals surface area contributed by atoms with Crippen LogP contribution < -0.4 is 11.4 Å². The zero-order valence-corrected chi connectivity index (χ0v) is 15.8. The molecule has 0 fully saturated rings. The summed E-state index contributed by atoms with van der Waals surface area (Å²) in [6.07, 6.45) is 4.34. The van der Waals surface area contributed by atoms with Gasteiger partial charge in [-0.3, -0.25) is 0 Å². The lowest BCUT2D eigenvalue weighted by Crippen LogP contribution is -2.26. The summed E-state index contributed by atoms with van der Waals surface area (Å²) in [4.78, 5) is 16.9. The minimum absolute atomic E-state index is 0.0208. The van der Waals surface area contributed by atoms with Crippen LogP contribution >= 0.6 is 0 Å². The van der Waals surface area contributed by atoms with E-state index in [0.717, 1.165) is 22.1 Å². The molecule has 0 unspecified atom stereocenters. The number of benzene rings is 1. The molecule has 28 heavy (non-hydrogen) atoms. The van der Waals surface area contributed by atoms with Crippen LogP contribution in [0.1, 0.15) is 0 Å². The van der Waals surface area contributed by atoms with Crippen molar-refractivity contribution in [2.75, 3.05) is 12.8 Å². The molecule has 1 aromatic carbocycles. The highest BCUT2D eigenvalue weighted by molar-refractivity contribution is 7.90. The van der Waals surface area contributed by atoms with E-state index < -0.39 is 15.5 Å². The molecule has 0 spiro atoms. The Balaban J connectivity index is 1.94. The largest absolute Gasteiger partial charge is 0.351 e. The summed E-state index contributed by atoms with van der Waals surface area (Å²) in [5, 5.41) is 3.97. The summed E-state index contributed by atoms with van der Waals surface area (Å²) in [6, 6.07) is 9.83. The molecule has 0 saturated carbocycles. The van der Waals surface area contributed by atoms with Gasteiger partial charge in [0.15, 0.2) is 9.84 Å². The lowest BCUT2D eigenvalue weighted by atomic mass is 10.1. The van der Waals surface area contributed by atoms with Gasteiger partial charge in [0.25, 0.3) is 0 Å². The van der Waals surface area contributed by atoms with E-state index >= 15 is 0 Å². The van der Waals surface area contributed by atoms with E-state index in [1.165, 1.54) is 29.2 Å². The van der Waals surface area contributed by atoms with Gasteiger partial charge in [-0.05, 0) is 41.0 Å². The van der Waals surface area contributed by atoms with Crippen molar-refractivity contribution >= 4 is 9.84 Å². The minimum Gasteiger partial charge on any atom is -0.327 e. The lowest BCUT2D eigenvalue weighted by molar-refractivity contribution is 0.602. The van der Waals surface area contributed by atoms with E-state index in [-0.39, 0.29) is 23.6 Å². The molecule has 2 N–H and O–H groups in total. The van der Waals surface area contributed by atoms with E-state index in [1.807, 2.05) is 0 Å². The van der Waals surface area contributed by atoms with Crippen LogP contribution in [0.4, 0.5) is 4.39 Å². The molecule has 0 aliphatic rings. The molecular weight excluding hydrogens is 385 g/mol. The van der Waals surface area contributed by atoms with Crippen molar-refractivity contribution in [3.05, 3.63) is 71.3 Å². The SMILES string of the molecule is CS(=O)(=O)c1ccc(-c2ccnc(-n3cnn(C/C(=C/F)CN)c3=O)c2)cc1. The van der Waals surface area contributed by atoms with Gasteiger partial charge in [-0.25, -0.2) is 31.8 Å². The summed E-state index contributed by atoms with van der Waals surface area (Å²) in [5.74, 6) is 0.333. The van der Waals surface area contributed by atoms with E-state index in [9.17, 15) is 17.6 Å². The van der Waals surface area contributed by atoms with Crippen molar-refractivity contribution in [1.82, 2.24) is 19.3 Å². The topological polar surface area (TPSA) is 113 Å². The standard InChI is InChI=1S/C18H18FN5O3S/c1-28(26,27)16-4-2-14(3-5-16)15-6-7-21-17(8-15)23-12-22-24(18(23)25)11-13(9-19)10-20/h2-9,12H,10-11,20H2,1H3/b13-9+. The Kier molecular flexibility index (Phi) is 5.52. The number of hydrogen-bond donors (Lipinski definition) is 1. The quantitative estimate of drug-likeness (QED) is 0.664. The number of hydrogen-bond acceptors (Lipinski definition) is 6. The second-order valence-corrected chi connectivity index (χ2v) is 8.13. The van der Waals surface area contributed by atoms with Crippen molar-refractivity contribution in [2.24, 2.45) is 5.73 Å². The maximum Gasteiger partial charge on any atom is 0.351 e. The lowest BCUT2D eigenvalue weighted by Gasteiger charge is -2.06. The number of halogens is 1. The summed E-state index contributed by atoms with van der Waals surface area (Å²) in [5.41, 5.74) is 6.68. The first kappa shape index (κ1) is 19.6. The van der Waals surface area contributed by atoms with Crippen LogP contribution in [0.5, 0.6) is 0 Å². The van der Waals surface area contributed by atoms with E-state index in [2.05, 4.69) is 10.1 Å². The van der Waals surface area contributed by atoms with Gasteiger partial charge in [-0.15, -0.1) is 0 Å². The molecule has 0 saturated heterocycles. The number of sulfone groups is 1. The van der Waals surface area contributed by atoms with Gasteiger partial charge in [0.05, 0.1) is 17.8 Å². The summed E-state index contributed by atoms with van der Waals surface area (Å²) < 4.78 is 38.2. The van der Waals surface area contributed by atoms with Gasteiger partial charge in [-0.1, -0.05) is 12.1 Å². The molecule has 3 aromatic rings.